The number of nitrogens with one attached hydrogen (secondary N) is 1. The first-order chi connectivity index (χ1) is 7.81. The number of hydrogen-bond donors (Lipinski definition) is 2. The van der Waals surface area contributed by atoms with E-state index in [1.165, 1.54) is 11.3 Å². The molecule has 3 N–H and O–H groups in total. The minimum absolute atomic E-state index is 0. The van der Waals surface area contributed by atoms with Gasteiger partial charge in [-0.05, 0) is 30.7 Å². The summed E-state index contributed by atoms with van der Waals surface area (Å²) in [5.74, 6) is 0.117. The molecule has 1 atom stereocenters. The average Bonchev–Trinajstić information content (AvgIpc) is 2.59. The number of rotatable bonds is 4. The molecule has 0 radical (unpaired) electrons. The van der Waals surface area contributed by atoms with E-state index in [4.69, 9.17) is 17.3 Å². The highest BCUT2D eigenvalue weighted by Crippen LogP contribution is 2.28. The molecule has 0 saturated heterocycles. The van der Waals surface area contributed by atoms with E-state index in [2.05, 4.69) is 5.32 Å². The van der Waals surface area contributed by atoms with Gasteiger partial charge in [0.2, 0.25) is 0 Å². The van der Waals surface area contributed by atoms with Crippen molar-refractivity contribution in [3.63, 3.8) is 0 Å². The lowest BCUT2D eigenvalue weighted by Gasteiger charge is -2.33. The normalized spacial score (nSPS) is 13.9. The third kappa shape index (κ3) is 3.60. The van der Waals surface area contributed by atoms with Crippen LogP contribution in [-0.4, -0.2) is 18.0 Å². The van der Waals surface area contributed by atoms with Crippen molar-refractivity contribution in [1.29, 1.82) is 0 Å². The van der Waals surface area contributed by atoms with Crippen LogP contribution in [0.2, 0.25) is 5.02 Å². The first-order valence-corrected chi connectivity index (χ1v) is 6.83. The van der Waals surface area contributed by atoms with Crippen LogP contribution < -0.4 is 11.1 Å². The Morgan fingerprint density at radius 3 is 2.50 bits per heavy atom. The third-order valence-electron chi connectivity index (χ3n) is 3.20. The summed E-state index contributed by atoms with van der Waals surface area (Å²) in [6.45, 7) is 8.31. The molecule has 0 aliphatic rings. The Morgan fingerprint density at radius 2 is 2.17 bits per heavy atom. The lowest BCUT2D eigenvalue weighted by Crippen LogP contribution is -2.54. The van der Waals surface area contributed by atoms with E-state index in [0.717, 1.165) is 5.56 Å². The number of carbonyl (C=O) groups excluding carboxylic acids is 1. The Balaban J connectivity index is 0.00000289. The van der Waals surface area contributed by atoms with Crippen LogP contribution in [0.25, 0.3) is 0 Å². The highest BCUT2D eigenvalue weighted by Gasteiger charge is 2.30. The maximum Gasteiger partial charge on any atom is 0.263 e. The van der Waals surface area contributed by atoms with Gasteiger partial charge in [-0.25, -0.2) is 0 Å². The maximum absolute atomic E-state index is 12.1. The number of hydrogen-bond acceptors (Lipinski definition) is 3. The first kappa shape index (κ1) is 17.7. The van der Waals surface area contributed by atoms with Crippen molar-refractivity contribution in [1.82, 2.24) is 5.32 Å². The Kier molecular flexibility index (Phi) is 6.65. The average molecular weight is 311 g/mol. The Labute approximate surface area is 123 Å². The van der Waals surface area contributed by atoms with E-state index in [1.54, 1.807) is 0 Å². The van der Waals surface area contributed by atoms with Gasteiger partial charge in [0.1, 0.15) is 4.88 Å². The minimum atomic E-state index is -0.404. The zero-order valence-electron chi connectivity index (χ0n) is 11.0. The Hall–Kier alpha value is -0.290. The van der Waals surface area contributed by atoms with Gasteiger partial charge < -0.3 is 11.1 Å². The predicted octanol–water partition coefficient (Wildman–Crippen LogP) is 3.23. The molecular formula is C12H20Cl2N2OS. The fourth-order valence-corrected chi connectivity index (χ4v) is 2.50. The number of amides is 1. The van der Waals surface area contributed by atoms with Gasteiger partial charge in [0.15, 0.2) is 0 Å². The molecule has 0 bridgehead atoms. The fraction of sp³-hybridized carbons (Fsp3) is 0.583. The number of carbonyl (C=O) groups is 1. The summed E-state index contributed by atoms with van der Waals surface area (Å²) in [7, 11) is 0. The molecule has 1 rings (SSSR count). The standard InChI is InChI=1S/C12H19ClN2OS.ClH/c1-7(2)12(4,6-14)15-11(16)10-9(13)8(3)5-17-10;/h5,7H,6,14H2,1-4H3,(H,15,16);1H. The molecule has 6 heteroatoms. The number of halogens is 2. The Bertz CT molecular complexity index is 420. The summed E-state index contributed by atoms with van der Waals surface area (Å²) in [6, 6.07) is 0. The highest BCUT2D eigenvalue weighted by molar-refractivity contribution is 7.13. The second-order valence-electron chi connectivity index (χ2n) is 4.79. The number of aryl methyl sites for hydroxylation is 1. The molecule has 3 nitrogen and oxygen atoms in total. The molecule has 0 aromatic carbocycles. The number of thiophene rings is 1. The van der Waals surface area contributed by atoms with Crippen molar-refractivity contribution >= 4 is 41.3 Å². The molecule has 1 amide bonds. The van der Waals surface area contributed by atoms with Gasteiger partial charge in [0.05, 0.1) is 10.6 Å². The van der Waals surface area contributed by atoms with Gasteiger partial charge in [-0.15, -0.1) is 23.7 Å². The SMILES string of the molecule is Cc1csc(C(=O)NC(C)(CN)C(C)C)c1Cl.Cl. The maximum atomic E-state index is 12.1. The zero-order valence-corrected chi connectivity index (χ0v) is 13.4. The van der Waals surface area contributed by atoms with Crippen LogP contribution in [0, 0.1) is 12.8 Å². The van der Waals surface area contributed by atoms with Crippen LogP contribution in [0.15, 0.2) is 5.38 Å². The van der Waals surface area contributed by atoms with Crippen molar-refractivity contribution < 1.29 is 4.79 Å². The second-order valence-corrected chi connectivity index (χ2v) is 6.05. The Morgan fingerprint density at radius 1 is 1.61 bits per heavy atom. The molecule has 0 aliphatic carbocycles. The summed E-state index contributed by atoms with van der Waals surface area (Å²) in [5, 5.41) is 5.39. The molecule has 1 unspecified atom stereocenters. The smallest absolute Gasteiger partial charge is 0.263 e. The minimum Gasteiger partial charge on any atom is -0.345 e. The molecule has 1 aromatic heterocycles. The van der Waals surface area contributed by atoms with Gasteiger partial charge in [-0.2, -0.15) is 0 Å². The lowest BCUT2D eigenvalue weighted by molar-refractivity contribution is 0.0887. The molecule has 1 aromatic rings. The molecule has 104 valence electrons. The first-order valence-electron chi connectivity index (χ1n) is 5.58. The molecule has 0 aliphatic heterocycles. The van der Waals surface area contributed by atoms with Crippen molar-refractivity contribution in [2.75, 3.05) is 6.54 Å². The molecular weight excluding hydrogens is 291 g/mol. The van der Waals surface area contributed by atoms with Crippen LogP contribution >= 0.6 is 35.3 Å². The van der Waals surface area contributed by atoms with E-state index in [9.17, 15) is 4.79 Å². The van der Waals surface area contributed by atoms with Crippen molar-refractivity contribution in [2.45, 2.75) is 33.2 Å². The topological polar surface area (TPSA) is 55.1 Å². The molecule has 0 saturated carbocycles. The van der Waals surface area contributed by atoms with Gasteiger partial charge >= 0.3 is 0 Å². The van der Waals surface area contributed by atoms with E-state index in [1.807, 2.05) is 33.1 Å². The van der Waals surface area contributed by atoms with Crippen molar-refractivity contribution in [2.24, 2.45) is 11.7 Å². The van der Waals surface area contributed by atoms with E-state index in [0.29, 0.717) is 16.4 Å². The molecule has 18 heavy (non-hydrogen) atoms. The van der Waals surface area contributed by atoms with Crippen molar-refractivity contribution in [3.05, 3.63) is 20.8 Å². The molecule has 1 heterocycles. The fourth-order valence-electron chi connectivity index (χ4n) is 1.33. The summed E-state index contributed by atoms with van der Waals surface area (Å²) >= 11 is 7.44. The van der Waals surface area contributed by atoms with E-state index < -0.39 is 5.54 Å². The lowest BCUT2D eigenvalue weighted by atomic mass is 9.88. The van der Waals surface area contributed by atoms with Crippen LogP contribution in [0.4, 0.5) is 0 Å². The zero-order chi connectivity index (χ0) is 13.2. The van der Waals surface area contributed by atoms with Crippen LogP contribution in [-0.2, 0) is 0 Å². The van der Waals surface area contributed by atoms with Crippen molar-refractivity contribution in [3.8, 4) is 0 Å². The van der Waals surface area contributed by atoms with E-state index in [-0.39, 0.29) is 24.2 Å². The quantitative estimate of drug-likeness (QED) is 0.897. The van der Waals surface area contributed by atoms with E-state index >= 15 is 0 Å². The summed E-state index contributed by atoms with van der Waals surface area (Å²) in [5.41, 5.74) is 6.26. The summed E-state index contributed by atoms with van der Waals surface area (Å²) < 4.78 is 0. The van der Waals surface area contributed by atoms with Gasteiger partial charge in [0.25, 0.3) is 5.91 Å². The molecule has 0 spiro atoms. The third-order valence-corrected chi connectivity index (χ3v) is 4.90. The van der Waals surface area contributed by atoms with Gasteiger partial charge in [0, 0.05) is 6.54 Å². The van der Waals surface area contributed by atoms with Crippen LogP contribution in [0.1, 0.15) is 36.0 Å². The summed E-state index contributed by atoms with van der Waals surface area (Å²) in [6.07, 6.45) is 0. The molecule has 0 fully saturated rings. The number of nitrogens with two attached hydrogens (primary N) is 1. The second kappa shape index (κ2) is 6.75. The largest absolute Gasteiger partial charge is 0.345 e. The summed E-state index contributed by atoms with van der Waals surface area (Å²) in [4.78, 5) is 12.7. The highest BCUT2D eigenvalue weighted by atomic mass is 35.5. The monoisotopic (exact) mass is 310 g/mol. The van der Waals surface area contributed by atoms with Crippen LogP contribution in [0.3, 0.4) is 0 Å². The van der Waals surface area contributed by atoms with Crippen LogP contribution in [0.5, 0.6) is 0 Å². The van der Waals surface area contributed by atoms with Gasteiger partial charge in [-0.1, -0.05) is 25.4 Å². The predicted molar refractivity (Wildman–Crippen MR) is 81.1 cm³/mol. The van der Waals surface area contributed by atoms with Gasteiger partial charge in [-0.3, -0.25) is 4.79 Å².